The number of rotatable bonds is 4. The Morgan fingerprint density at radius 1 is 1.04 bits per heavy atom. The van der Waals surface area contributed by atoms with E-state index in [1.54, 1.807) is 6.20 Å². The number of halogens is 1. The summed E-state index contributed by atoms with van der Waals surface area (Å²) in [6.45, 7) is 0. The van der Waals surface area contributed by atoms with Gasteiger partial charge in [-0.3, -0.25) is 4.79 Å². The lowest BCUT2D eigenvalue weighted by Gasteiger charge is -2.23. The minimum absolute atomic E-state index is 0.0660. The van der Waals surface area contributed by atoms with Gasteiger partial charge >= 0.3 is 0 Å². The summed E-state index contributed by atoms with van der Waals surface area (Å²) < 4.78 is 5.94. The van der Waals surface area contributed by atoms with Crippen LogP contribution in [0.1, 0.15) is 42.5 Å². The van der Waals surface area contributed by atoms with E-state index in [-0.39, 0.29) is 11.9 Å². The highest BCUT2D eigenvalue weighted by molar-refractivity contribution is 6.30. The van der Waals surface area contributed by atoms with Gasteiger partial charge in [0.05, 0.1) is 11.8 Å². The Morgan fingerprint density at radius 2 is 1.78 bits per heavy atom. The fraction of sp³-hybridized carbons (Fsp3) is 0.273. The molecule has 2 aromatic carbocycles. The fourth-order valence-electron chi connectivity index (χ4n) is 3.52. The number of carbonyl (C=O) groups excluding carboxylic acids is 1. The van der Waals surface area contributed by atoms with E-state index in [9.17, 15) is 4.79 Å². The molecule has 4 rings (SSSR count). The van der Waals surface area contributed by atoms with E-state index < -0.39 is 0 Å². The van der Waals surface area contributed by atoms with Gasteiger partial charge in [-0.15, -0.1) is 0 Å². The standard InChI is InChI=1S/C22H21ClN2O2/c23-16-12-10-15(11-13-16)20-14-24-22(27-20)19-9-5-4-8-18(19)21(26)25-17-6-2-1-3-7-17/h4-5,8-14,17H,1-3,6-7H2,(H,25,26). The van der Waals surface area contributed by atoms with Crippen LogP contribution in [0, 0.1) is 0 Å². The molecule has 1 aliphatic rings. The minimum atomic E-state index is -0.0660. The maximum atomic E-state index is 12.8. The molecular formula is C22H21ClN2O2. The molecular weight excluding hydrogens is 360 g/mol. The van der Waals surface area contributed by atoms with Crippen molar-refractivity contribution in [2.24, 2.45) is 0 Å². The van der Waals surface area contributed by atoms with Crippen molar-refractivity contribution in [2.45, 2.75) is 38.1 Å². The molecule has 1 saturated carbocycles. The number of benzene rings is 2. The predicted octanol–water partition coefficient (Wildman–Crippen LogP) is 5.72. The lowest BCUT2D eigenvalue weighted by Crippen LogP contribution is -2.36. The van der Waals surface area contributed by atoms with Crippen molar-refractivity contribution in [1.82, 2.24) is 10.3 Å². The second kappa shape index (κ2) is 7.97. The fourth-order valence-corrected chi connectivity index (χ4v) is 3.65. The summed E-state index contributed by atoms with van der Waals surface area (Å²) >= 11 is 5.95. The summed E-state index contributed by atoms with van der Waals surface area (Å²) in [6, 6.07) is 15.1. The molecule has 1 aromatic heterocycles. The highest BCUT2D eigenvalue weighted by atomic mass is 35.5. The van der Waals surface area contributed by atoms with Crippen LogP contribution in [0.2, 0.25) is 5.02 Å². The van der Waals surface area contributed by atoms with Gasteiger partial charge in [-0.25, -0.2) is 4.98 Å². The molecule has 0 aliphatic heterocycles. The van der Waals surface area contributed by atoms with Gasteiger partial charge in [0.1, 0.15) is 0 Å². The Hall–Kier alpha value is -2.59. The van der Waals surface area contributed by atoms with Gasteiger partial charge in [-0.1, -0.05) is 43.0 Å². The molecule has 4 nitrogen and oxygen atoms in total. The normalized spacial score (nSPS) is 14.9. The number of hydrogen-bond donors (Lipinski definition) is 1. The van der Waals surface area contributed by atoms with E-state index in [0.717, 1.165) is 18.4 Å². The number of carbonyl (C=O) groups is 1. The van der Waals surface area contributed by atoms with Gasteiger partial charge in [0.2, 0.25) is 5.89 Å². The topological polar surface area (TPSA) is 55.1 Å². The summed E-state index contributed by atoms with van der Waals surface area (Å²) in [4.78, 5) is 17.2. The number of hydrogen-bond acceptors (Lipinski definition) is 3. The van der Waals surface area contributed by atoms with Gasteiger partial charge in [0, 0.05) is 22.2 Å². The first kappa shape index (κ1) is 17.8. The summed E-state index contributed by atoms with van der Waals surface area (Å²) in [5, 5.41) is 3.84. The number of nitrogens with zero attached hydrogens (tertiary/aromatic N) is 1. The molecule has 5 heteroatoms. The minimum Gasteiger partial charge on any atom is -0.436 e. The SMILES string of the molecule is O=C(NC1CCCCC1)c1ccccc1-c1ncc(-c2ccc(Cl)cc2)o1. The first-order valence-corrected chi connectivity index (χ1v) is 9.70. The number of oxazole rings is 1. The van der Waals surface area contributed by atoms with Crippen LogP contribution >= 0.6 is 11.6 Å². The van der Waals surface area contributed by atoms with E-state index in [4.69, 9.17) is 16.0 Å². The molecule has 1 N–H and O–H groups in total. The lowest BCUT2D eigenvalue weighted by molar-refractivity contribution is 0.0928. The van der Waals surface area contributed by atoms with Crippen LogP contribution in [0.5, 0.6) is 0 Å². The third-order valence-corrected chi connectivity index (χ3v) is 5.23. The molecule has 138 valence electrons. The molecule has 0 atom stereocenters. The second-order valence-corrected chi connectivity index (χ2v) is 7.33. The Balaban J connectivity index is 1.59. The Kier molecular flexibility index (Phi) is 5.26. The van der Waals surface area contributed by atoms with Gasteiger partial charge < -0.3 is 9.73 Å². The molecule has 1 heterocycles. The van der Waals surface area contributed by atoms with Crippen LogP contribution in [-0.4, -0.2) is 16.9 Å². The van der Waals surface area contributed by atoms with Gasteiger partial charge in [-0.2, -0.15) is 0 Å². The van der Waals surface area contributed by atoms with Crippen LogP contribution in [0.25, 0.3) is 22.8 Å². The van der Waals surface area contributed by atoms with E-state index in [1.807, 2.05) is 48.5 Å². The molecule has 0 spiro atoms. The van der Waals surface area contributed by atoms with Gasteiger partial charge in [-0.05, 0) is 49.2 Å². The van der Waals surface area contributed by atoms with Crippen molar-refractivity contribution in [3.8, 4) is 22.8 Å². The van der Waals surface area contributed by atoms with Crippen molar-refractivity contribution in [3.05, 3.63) is 65.3 Å². The van der Waals surface area contributed by atoms with Gasteiger partial charge in [0.25, 0.3) is 5.91 Å². The zero-order chi connectivity index (χ0) is 18.6. The number of nitrogens with one attached hydrogen (secondary N) is 1. The first-order valence-electron chi connectivity index (χ1n) is 9.33. The van der Waals surface area contributed by atoms with Crippen molar-refractivity contribution >= 4 is 17.5 Å². The summed E-state index contributed by atoms with van der Waals surface area (Å²) in [6.07, 6.45) is 7.38. The predicted molar refractivity (Wildman–Crippen MR) is 107 cm³/mol. The smallest absolute Gasteiger partial charge is 0.252 e. The third kappa shape index (κ3) is 4.06. The van der Waals surface area contributed by atoms with Gasteiger partial charge in [0.15, 0.2) is 5.76 Å². The summed E-state index contributed by atoms with van der Waals surface area (Å²) in [5.41, 5.74) is 2.18. The third-order valence-electron chi connectivity index (χ3n) is 4.98. The maximum absolute atomic E-state index is 12.8. The zero-order valence-electron chi connectivity index (χ0n) is 15.0. The molecule has 27 heavy (non-hydrogen) atoms. The van der Waals surface area contributed by atoms with E-state index in [0.29, 0.717) is 27.8 Å². The Bertz CT molecular complexity index is 927. The average Bonchev–Trinajstić information content (AvgIpc) is 3.19. The molecule has 3 aromatic rings. The molecule has 0 saturated heterocycles. The Labute approximate surface area is 163 Å². The van der Waals surface area contributed by atoms with Crippen LogP contribution in [0.4, 0.5) is 0 Å². The van der Waals surface area contributed by atoms with Crippen LogP contribution < -0.4 is 5.32 Å². The maximum Gasteiger partial charge on any atom is 0.252 e. The van der Waals surface area contributed by atoms with E-state index >= 15 is 0 Å². The van der Waals surface area contributed by atoms with Crippen LogP contribution in [0.15, 0.2) is 59.1 Å². The molecule has 1 amide bonds. The molecule has 0 radical (unpaired) electrons. The molecule has 1 aliphatic carbocycles. The quantitative estimate of drug-likeness (QED) is 0.629. The van der Waals surface area contributed by atoms with E-state index in [2.05, 4.69) is 10.3 Å². The largest absolute Gasteiger partial charge is 0.436 e. The van der Waals surface area contributed by atoms with E-state index in [1.165, 1.54) is 19.3 Å². The highest BCUT2D eigenvalue weighted by Gasteiger charge is 2.20. The lowest BCUT2D eigenvalue weighted by atomic mass is 9.95. The second-order valence-electron chi connectivity index (χ2n) is 6.89. The monoisotopic (exact) mass is 380 g/mol. The summed E-state index contributed by atoms with van der Waals surface area (Å²) in [5.74, 6) is 1.02. The average molecular weight is 381 g/mol. The van der Waals surface area contributed by atoms with Crippen molar-refractivity contribution in [3.63, 3.8) is 0 Å². The van der Waals surface area contributed by atoms with Crippen LogP contribution in [-0.2, 0) is 0 Å². The first-order chi connectivity index (χ1) is 13.2. The molecule has 1 fully saturated rings. The van der Waals surface area contributed by atoms with Crippen LogP contribution in [0.3, 0.4) is 0 Å². The molecule has 0 bridgehead atoms. The number of aromatic nitrogens is 1. The number of amides is 1. The summed E-state index contributed by atoms with van der Waals surface area (Å²) in [7, 11) is 0. The zero-order valence-corrected chi connectivity index (χ0v) is 15.7. The highest BCUT2D eigenvalue weighted by Crippen LogP contribution is 2.29. The van der Waals surface area contributed by atoms with Crippen molar-refractivity contribution < 1.29 is 9.21 Å². The van der Waals surface area contributed by atoms with Crippen molar-refractivity contribution in [1.29, 1.82) is 0 Å². The van der Waals surface area contributed by atoms with Crippen molar-refractivity contribution in [2.75, 3.05) is 0 Å². The molecule has 0 unspecified atom stereocenters. The Morgan fingerprint density at radius 3 is 2.56 bits per heavy atom.